The molecule has 0 bridgehead atoms. The lowest BCUT2D eigenvalue weighted by atomic mass is 10.0. The number of carbonyl (C=O) groups is 1. The van der Waals surface area contributed by atoms with Crippen molar-refractivity contribution in [1.29, 1.82) is 0 Å². The average Bonchev–Trinajstić information content (AvgIpc) is 2.31. The minimum atomic E-state index is -0.281. The maximum Gasteiger partial charge on any atom is 0.255 e. The molecule has 1 aromatic carbocycles. The molecule has 0 spiro atoms. The van der Waals surface area contributed by atoms with Crippen LogP contribution in [0.5, 0.6) is 5.75 Å². The van der Waals surface area contributed by atoms with Crippen molar-refractivity contribution < 1.29 is 9.90 Å². The zero-order valence-electron chi connectivity index (χ0n) is 11.7. The average molecular weight is 284 g/mol. The van der Waals surface area contributed by atoms with Crippen LogP contribution in [0.4, 0.5) is 0 Å². The summed E-state index contributed by atoms with van der Waals surface area (Å²) < 4.78 is 0. The fourth-order valence-electron chi connectivity index (χ4n) is 1.90. The first-order valence-corrected chi connectivity index (χ1v) is 7.07. The Balaban J connectivity index is 2.52. The molecular formula is C15H22ClNO2. The van der Waals surface area contributed by atoms with Crippen LogP contribution in [0.3, 0.4) is 0 Å². The van der Waals surface area contributed by atoms with E-state index in [2.05, 4.69) is 19.2 Å². The summed E-state index contributed by atoms with van der Waals surface area (Å²) >= 11 is 5.82. The molecular weight excluding hydrogens is 262 g/mol. The van der Waals surface area contributed by atoms with Gasteiger partial charge in [0.15, 0.2) is 0 Å². The third kappa shape index (κ3) is 5.52. The van der Waals surface area contributed by atoms with Gasteiger partial charge in [0.1, 0.15) is 5.75 Å². The Morgan fingerprint density at radius 2 is 2.00 bits per heavy atom. The zero-order valence-corrected chi connectivity index (χ0v) is 12.5. The predicted octanol–water partition coefficient (Wildman–Crippen LogP) is 3.99. The smallest absolute Gasteiger partial charge is 0.255 e. The largest absolute Gasteiger partial charge is 0.507 e. The van der Waals surface area contributed by atoms with Crippen molar-refractivity contribution >= 4 is 17.5 Å². The quantitative estimate of drug-likeness (QED) is 0.829. The lowest BCUT2D eigenvalue weighted by molar-refractivity contribution is 0.0935. The highest BCUT2D eigenvalue weighted by molar-refractivity contribution is 6.31. The standard InChI is InChI=1S/C15H22ClNO2/c1-10(2)5-4-6-11(3)17-15(19)13-9-12(16)7-8-14(13)18/h7-11,18H,4-6H2,1-3H3,(H,17,19). The van der Waals surface area contributed by atoms with Crippen molar-refractivity contribution in [2.75, 3.05) is 0 Å². The molecule has 1 rings (SSSR count). The number of halogens is 1. The van der Waals surface area contributed by atoms with E-state index in [9.17, 15) is 9.90 Å². The van der Waals surface area contributed by atoms with Gasteiger partial charge in [-0.1, -0.05) is 38.3 Å². The van der Waals surface area contributed by atoms with Gasteiger partial charge in [0.25, 0.3) is 5.91 Å². The molecule has 1 unspecified atom stereocenters. The number of phenols is 1. The third-order valence-electron chi connectivity index (χ3n) is 3.00. The number of benzene rings is 1. The molecule has 0 fully saturated rings. The first-order valence-electron chi connectivity index (χ1n) is 6.69. The summed E-state index contributed by atoms with van der Waals surface area (Å²) in [5, 5.41) is 13.0. The third-order valence-corrected chi connectivity index (χ3v) is 3.23. The van der Waals surface area contributed by atoms with Crippen LogP contribution in [0.1, 0.15) is 50.4 Å². The molecule has 0 heterocycles. The van der Waals surface area contributed by atoms with Gasteiger partial charge in [0.2, 0.25) is 0 Å². The van der Waals surface area contributed by atoms with E-state index in [1.807, 2.05) is 6.92 Å². The molecule has 19 heavy (non-hydrogen) atoms. The number of amides is 1. The van der Waals surface area contributed by atoms with E-state index < -0.39 is 0 Å². The maximum atomic E-state index is 12.0. The van der Waals surface area contributed by atoms with Gasteiger partial charge >= 0.3 is 0 Å². The van der Waals surface area contributed by atoms with Gasteiger partial charge in [-0.25, -0.2) is 0 Å². The molecule has 0 saturated heterocycles. The molecule has 1 atom stereocenters. The molecule has 2 N–H and O–H groups in total. The number of phenolic OH excluding ortho intramolecular Hbond substituents is 1. The van der Waals surface area contributed by atoms with Crippen molar-refractivity contribution in [3.05, 3.63) is 28.8 Å². The summed E-state index contributed by atoms with van der Waals surface area (Å²) in [4.78, 5) is 12.0. The van der Waals surface area contributed by atoms with Crippen LogP contribution in [0.15, 0.2) is 18.2 Å². The van der Waals surface area contributed by atoms with Crippen LogP contribution in [0, 0.1) is 5.92 Å². The van der Waals surface area contributed by atoms with Crippen LogP contribution in [0.25, 0.3) is 0 Å². The van der Waals surface area contributed by atoms with E-state index in [0.717, 1.165) is 19.3 Å². The Morgan fingerprint density at radius 1 is 1.32 bits per heavy atom. The summed E-state index contributed by atoms with van der Waals surface area (Å²) in [5.74, 6) is 0.355. The lowest BCUT2D eigenvalue weighted by Gasteiger charge is -2.15. The van der Waals surface area contributed by atoms with Crippen LogP contribution in [-0.4, -0.2) is 17.1 Å². The van der Waals surface area contributed by atoms with Crippen molar-refractivity contribution in [2.45, 2.75) is 46.1 Å². The lowest BCUT2D eigenvalue weighted by Crippen LogP contribution is -2.32. The molecule has 4 heteroatoms. The number of hydrogen-bond acceptors (Lipinski definition) is 2. The summed E-state index contributed by atoms with van der Waals surface area (Å²) in [7, 11) is 0. The summed E-state index contributed by atoms with van der Waals surface area (Å²) in [5.41, 5.74) is 0.225. The van der Waals surface area contributed by atoms with Gasteiger partial charge < -0.3 is 10.4 Å². The Morgan fingerprint density at radius 3 is 2.63 bits per heavy atom. The van der Waals surface area contributed by atoms with E-state index in [0.29, 0.717) is 10.9 Å². The molecule has 0 aromatic heterocycles. The first kappa shape index (κ1) is 15.8. The number of rotatable bonds is 6. The second kappa shape index (κ2) is 7.39. The molecule has 0 aliphatic rings. The van der Waals surface area contributed by atoms with Crippen LogP contribution in [-0.2, 0) is 0 Å². The second-order valence-corrected chi connectivity index (χ2v) is 5.80. The Hall–Kier alpha value is -1.22. The van der Waals surface area contributed by atoms with Gasteiger partial charge in [0.05, 0.1) is 5.56 Å². The maximum absolute atomic E-state index is 12.0. The van der Waals surface area contributed by atoms with Crippen molar-refractivity contribution in [3.63, 3.8) is 0 Å². The van der Waals surface area contributed by atoms with E-state index in [1.54, 1.807) is 6.07 Å². The SMILES string of the molecule is CC(C)CCCC(C)NC(=O)c1cc(Cl)ccc1O. The number of nitrogens with one attached hydrogen (secondary N) is 1. The van der Waals surface area contributed by atoms with Crippen molar-refractivity contribution in [1.82, 2.24) is 5.32 Å². The van der Waals surface area contributed by atoms with E-state index in [-0.39, 0.29) is 23.3 Å². The van der Waals surface area contributed by atoms with Gasteiger partial charge in [-0.15, -0.1) is 0 Å². The fraction of sp³-hybridized carbons (Fsp3) is 0.533. The van der Waals surface area contributed by atoms with Crippen LogP contribution >= 0.6 is 11.6 Å². The number of aromatic hydroxyl groups is 1. The molecule has 0 aliphatic carbocycles. The molecule has 0 aliphatic heterocycles. The van der Waals surface area contributed by atoms with E-state index in [1.165, 1.54) is 12.1 Å². The van der Waals surface area contributed by atoms with Gasteiger partial charge in [-0.05, 0) is 37.5 Å². The summed E-state index contributed by atoms with van der Waals surface area (Å²) in [6.07, 6.45) is 3.18. The van der Waals surface area contributed by atoms with Gasteiger partial charge in [-0.3, -0.25) is 4.79 Å². The monoisotopic (exact) mass is 283 g/mol. The Labute approximate surface area is 120 Å². The molecule has 0 saturated carbocycles. The zero-order chi connectivity index (χ0) is 14.4. The molecule has 0 radical (unpaired) electrons. The van der Waals surface area contributed by atoms with Crippen LogP contribution < -0.4 is 5.32 Å². The van der Waals surface area contributed by atoms with Crippen LogP contribution in [0.2, 0.25) is 5.02 Å². The molecule has 1 aromatic rings. The molecule has 106 valence electrons. The summed E-state index contributed by atoms with van der Waals surface area (Å²) in [6.45, 7) is 6.35. The van der Waals surface area contributed by atoms with Gasteiger partial charge in [-0.2, -0.15) is 0 Å². The first-order chi connectivity index (χ1) is 8.90. The highest BCUT2D eigenvalue weighted by atomic mass is 35.5. The number of carbonyl (C=O) groups excluding carboxylic acids is 1. The second-order valence-electron chi connectivity index (χ2n) is 5.36. The van der Waals surface area contributed by atoms with Crippen molar-refractivity contribution in [3.8, 4) is 5.75 Å². The predicted molar refractivity (Wildman–Crippen MR) is 78.7 cm³/mol. The fourth-order valence-corrected chi connectivity index (χ4v) is 2.07. The summed E-state index contributed by atoms with van der Waals surface area (Å²) in [6, 6.07) is 4.55. The molecule has 3 nitrogen and oxygen atoms in total. The van der Waals surface area contributed by atoms with E-state index in [4.69, 9.17) is 11.6 Å². The van der Waals surface area contributed by atoms with E-state index >= 15 is 0 Å². The number of hydrogen-bond donors (Lipinski definition) is 2. The normalized spacial score (nSPS) is 12.5. The van der Waals surface area contributed by atoms with Crippen molar-refractivity contribution in [2.24, 2.45) is 5.92 Å². The van der Waals surface area contributed by atoms with Gasteiger partial charge in [0, 0.05) is 11.1 Å². The highest BCUT2D eigenvalue weighted by Crippen LogP contribution is 2.21. The minimum absolute atomic E-state index is 0.0451. The Bertz CT molecular complexity index is 432. The highest BCUT2D eigenvalue weighted by Gasteiger charge is 2.14. The molecule has 1 amide bonds. The Kier molecular flexibility index (Phi) is 6.16. The minimum Gasteiger partial charge on any atom is -0.507 e. The topological polar surface area (TPSA) is 49.3 Å².